The van der Waals surface area contributed by atoms with E-state index in [-0.39, 0.29) is 12.2 Å². The third kappa shape index (κ3) is 3.47. The lowest BCUT2D eigenvalue weighted by Gasteiger charge is -2.31. The van der Waals surface area contributed by atoms with Gasteiger partial charge in [0.25, 0.3) is 0 Å². The minimum absolute atomic E-state index is 0.108. The van der Waals surface area contributed by atoms with Gasteiger partial charge in [0, 0.05) is 37.1 Å². The van der Waals surface area contributed by atoms with Crippen molar-refractivity contribution in [2.24, 2.45) is 0 Å². The molecule has 3 heterocycles. The summed E-state index contributed by atoms with van der Waals surface area (Å²) in [6, 6.07) is 4.38. The van der Waals surface area contributed by atoms with Crippen molar-refractivity contribution in [1.29, 1.82) is 0 Å². The minimum atomic E-state index is 0.108. The maximum atomic E-state index is 6.31. The molecule has 0 amide bonds. The summed E-state index contributed by atoms with van der Waals surface area (Å²) in [7, 11) is 0. The standard InChI is InChI=1S/C19H25N3O3/c1-13-16(14(2)25-21-13)11-22-9-10-23-18-4-3-17(22)19(18)24-12-15-5-7-20-8-6-15/h5-8,17-19H,3-4,9-12H2,1-2H3/t17-,18-,19-/m0/s1. The van der Waals surface area contributed by atoms with Crippen molar-refractivity contribution in [3.8, 4) is 0 Å². The van der Waals surface area contributed by atoms with Crippen molar-refractivity contribution in [2.75, 3.05) is 13.2 Å². The minimum Gasteiger partial charge on any atom is -0.374 e. The highest BCUT2D eigenvalue weighted by Crippen LogP contribution is 2.34. The predicted octanol–water partition coefficient (Wildman–Crippen LogP) is 2.64. The number of aryl methyl sites for hydroxylation is 2. The number of pyridine rings is 1. The normalized spacial score (nSPS) is 26.7. The Balaban J connectivity index is 1.48. The third-order valence-electron chi connectivity index (χ3n) is 5.41. The molecule has 2 fully saturated rings. The highest BCUT2D eigenvalue weighted by atomic mass is 16.5. The zero-order chi connectivity index (χ0) is 17.2. The van der Waals surface area contributed by atoms with Crippen LogP contribution >= 0.6 is 0 Å². The molecule has 1 aliphatic heterocycles. The lowest BCUT2D eigenvalue weighted by Crippen LogP contribution is -2.42. The summed E-state index contributed by atoms with van der Waals surface area (Å²) in [6.07, 6.45) is 6.08. The van der Waals surface area contributed by atoms with Crippen molar-refractivity contribution >= 4 is 0 Å². The zero-order valence-electron chi connectivity index (χ0n) is 14.9. The molecule has 2 aromatic rings. The molecule has 2 bridgehead atoms. The molecular weight excluding hydrogens is 318 g/mol. The van der Waals surface area contributed by atoms with E-state index < -0.39 is 0 Å². The van der Waals surface area contributed by atoms with Crippen LogP contribution in [-0.4, -0.2) is 46.4 Å². The lowest BCUT2D eigenvalue weighted by molar-refractivity contribution is -0.0614. The second-order valence-electron chi connectivity index (χ2n) is 6.96. The van der Waals surface area contributed by atoms with E-state index in [1.54, 1.807) is 12.4 Å². The number of hydrogen-bond donors (Lipinski definition) is 0. The van der Waals surface area contributed by atoms with Crippen LogP contribution in [0.5, 0.6) is 0 Å². The van der Waals surface area contributed by atoms with Gasteiger partial charge in [0.05, 0.1) is 31.1 Å². The van der Waals surface area contributed by atoms with E-state index >= 15 is 0 Å². The van der Waals surface area contributed by atoms with Gasteiger partial charge in [-0.1, -0.05) is 5.16 Å². The SMILES string of the molecule is Cc1noc(C)c1CN1CCO[C@H]2CC[C@H]1[C@@H]2OCc1ccncc1. The molecule has 3 atom stereocenters. The first-order valence-electron chi connectivity index (χ1n) is 9.00. The van der Waals surface area contributed by atoms with Gasteiger partial charge in [-0.25, -0.2) is 0 Å². The fourth-order valence-electron chi connectivity index (χ4n) is 3.98. The summed E-state index contributed by atoms with van der Waals surface area (Å²) in [6.45, 7) is 7.10. The quantitative estimate of drug-likeness (QED) is 0.832. The second kappa shape index (κ2) is 7.23. The van der Waals surface area contributed by atoms with E-state index in [9.17, 15) is 0 Å². The van der Waals surface area contributed by atoms with Crippen LogP contribution < -0.4 is 0 Å². The Kier molecular flexibility index (Phi) is 4.83. The van der Waals surface area contributed by atoms with Gasteiger partial charge in [0.2, 0.25) is 0 Å². The average molecular weight is 343 g/mol. The highest BCUT2D eigenvalue weighted by molar-refractivity contribution is 5.21. The van der Waals surface area contributed by atoms with Gasteiger partial charge in [0.15, 0.2) is 0 Å². The number of nitrogens with zero attached hydrogens (tertiary/aromatic N) is 3. The first-order valence-corrected chi connectivity index (χ1v) is 9.00. The maximum absolute atomic E-state index is 6.31. The molecule has 0 N–H and O–H groups in total. The van der Waals surface area contributed by atoms with E-state index in [1.165, 1.54) is 5.56 Å². The topological polar surface area (TPSA) is 60.6 Å². The van der Waals surface area contributed by atoms with Crippen molar-refractivity contribution in [3.05, 3.63) is 47.1 Å². The van der Waals surface area contributed by atoms with E-state index in [0.717, 1.165) is 49.6 Å². The first-order chi connectivity index (χ1) is 12.2. The molecule has 1 aliphatic carbocycles. The van der Waals surface area contributed by atoms with Crippen LogP contribution in [-0.2, 0) is 22.6 Å². The smallest absolute Gasteiger partial charge is 0.138 e. The van der Waals surface area contributed by atoms with Crippen LogP contribution in [0.1, 0.15) is 35.4 Å². The number of ether oxygens (including phenoxy) is 2. The van der Waals surface area contributed by atoms with Crippen LogP contribution in [0.25, 0.3) is 0 Å². The molecule has 2 aliphatic rings. The molecule has 1 saturated carbocycles. The highest BCUT2D eigenvalue weighted by Gasteiger charge is 2.43. The van der Waals surface area contributed by atoms with Gasteiger partial charge in [-0.2, -0.15) is 0 Å². The van der Waals surface area contributed by atoms with Crippen LogP contribution in [0.15, 0.2) is 29.0 Å². The Hall–Kier alpha value is -1.76. The molecule has 4 rings (SSSR count). The first kappa shape index (κ1) is 16.7. The van der Waals surface area contributed by atoms with Gasteiger partial charge in [-0.3, -0.25) is 9.88 Å². The number of rotatable bonds is 5. The maximum Gasteiger partial charge on any atom is 0.138 e. The summed E-state index contributed by atoms with van der Waals surface area (Å²) in [5, 5.41) is 4.09. The van der Waals surface area contributed by atoms with Crippen LogP contribution in [0.2, 0.25) is 0 Å². The molecule has 6 heteroatoms. The Bertz CT molecular complexity index is 684. The molecule has 6 nitrogen and oxygen atoms in total. The molecule has 134 valence electrons. The zero-order valence-corrected chi connectivity index (χ0v) is 14.9. The molecule has 0 aromatic carbocycles. The number of aromatic nitrogens is 2. The Labute approximate surface area is 148 Å². The Morgan fingerprint density at radius 1 is 1.24 bits per heavy atom. The Morgan fingerprint density at radius 2 is 2.08 bits per heavy atom. The second-order valence-corrected chi connectivity index (χ2v) is 6.96. The van der Waals surface area contributed by atoms with Crippen molar-refractivity contribution < 1.29 is 14.0 Å². The van der Waals surface area contributed by atoms with E-state index in [2.05, 4.69) is 15.0 Å². The largest absolute Gasteiger partial charge is 0.374 e. The number of hydrogen-bond acceptors (Lipinski definition) is 6. The molecule has 2 aromatic heterocycles. The summed E-state index contributed by atoms with van der Waals surface area (Å²) in [5.41, 5.74) is 3.32. The fourth-order valence-corrected chi connectivity index (χ4v) is 3.98. The van der Waals surface area contributed by atoms with E-state index in [0.29, 0.717) is 12.6 Å². The third-order valence-corrected chi connectivity index (χ3v) is 5.41. The van der Waals surface area contributed by atoms with Gasteiger partial charge >= 0.3 is 0 Å². The average Bonchev–Trinajstić information content (AvgIpc) is 3.10. The summed E-state index contributed by atoms with van der Waals surface area (Å²) in [4.78, 5) is 6.55. The van der Waals surface area contributed by atoms with Gasteiger partial charge < -0.3 is 14.0 Å². The monoisotopic (exact) mass is 343 g/mol. The fraction of sp³-hybridized carbons (Fsp3) is 0.579. The van der Waals surface area contributed by atoms with Crippen LogP contribution in [0, 0.1) is 13.8 Å². The van der Waals surface area contributed by atoms with Gasteiger partial charge in [-0.05, 0) is 44.4 Å². The lowest BCUT2D eigenvalue weighted by atomic mass is 10.1. The molecule has 0 unspecified atom stereocenters. The molecule has 1 saturated heterocycles. The Morgan fingerprint density at radius 3 is 2.84 bits per heavy atom. The van der Waals surface area contributed by atoms with Crippen molar-refractivity contribution in [2.45, 2.75) is 58.1 Å². The van der Waals surface area contributed by atoms with E-state index in [4.69, 9.17) is 14.0 Å². The summed E-state index contributed by atoms with van der Waals surface area (Å²) < 4.78 is 17.7. The van der Waals surface area contributed by atoms with E-state index in [1.807, 2.05) is 26.0 Å². The predicted molar refractivity (Wildman–Crippen MR) is 92.0 cm³/mol. The van der Waals surface area contributed by atoms with Crippen LogP contribution in [0.3, 0.4) is 0 Å². The van der Waals surface area contributed by atoms with Crippen molar-refractivity contribution in [1.82, 2.24) is 15.0 Å². The molecular formula is C19H25N3O3. The van der Waals surface area contributed by atoms with Gasteiger partial charge in [-0.15, -0.1) is 0 Å². The van der Waals surface area contributed by atoms with Gasteiger partial charge in [0.1, 0.15) is 5.76 Å². The summed E-state index contributed by atoms with van der Waals surface area (Å²) in [5.74, 6) is 0.909. The molecule has 0 radical (unpaired) electrons. The molecule has 25 heavy (non-hydrogen) atoms. The number of fused-ring (bicyclic) bond motifs is 2. The molecule has 0 spiro atoms. The van der Waals surface area contributed by atoms with Crippen molar-refractivity contribution in [3.63, 3.8) is 0 Å². The van der Waals surface area contributed by atoms with Crippen LogP contribution in [0.4, 0.5) is 0 Å². The summed E-state index contributed by atoms with van der Waals surface area (Å²) >= 11 is 0.